The number of H-pyrrole nitrogens is 1. The monoisotopic (exact) mass is 192 g/mol. The summed E-state index contributed by atoms with van der Waals surface area (Å²) in [4.78, 5) is 13.6. The Bertz CT molecular complexity index is 513. The van der Waals surface area contributed by atoms with Crippen molar-refractivity contribution in [2.45, 2.75) is 0 Å². The van der Waals surface area contributed by atoms with Gasteiger partial charge in [0.15, 0.2) is 0 Å². The van der Waals surface area contributed by atoms with Crippen LogP contribution in [0.25, 0.3) is 11.5 Å². The first-order valence-corrected chi connectivity index (χ1v) is 3.84. The van der Waals surface area contributed by atoms with Crippen LogP contribution in [0.1, 0.15) is 0 Å². The second kappa shape index (κ2) is 2.87. The SMILES string of the molecule is Nc1nnc(-c2cccc(=O)[nH]2)n1N. The van der Waals surface area contributed by atoms with E-state index in [0.29, 0.717) is 11.5 Å². The van der Waals surface area contributed by atoms with Gasteiger partial charge in [-0.2, -0.15) is 0 Å². The third-order valence-corrected chi connectivity index (χ3v) is 1.73. The van der Waals surface area contributed by atoms with E-state index in [2.05, 4.69) is 15.2 Å². The molecule has 0 amide bonds. The van der Waals surface area contributed by atoms with Gasteiger partial charge in [-0.25, -0.2) is 4.68 Å². The van der Waals surface area contributed by atoms with Crippen LogP contribution in [0, 0.1) is 0 Å². The van der Waals surface area contributed by atoms with Crippen LogP contribution in [0.4, 0.5) is 5.95 Å². The highest BCUT2D eigenvalue weighted by Gasteiger charge is 2.08. The molecule has 0 aliphatic rings. The molecule has 2 aromatic rings. The van der Waals surface area contributed by atoms with Crippen molar-refractivity contribution in [2.24, 2.45) is 0 Å². The Balaban J connectivity index is 2.60. The van der Waals surface area contributed by atoms with E-state index in [0.717, 1.165) is 4.68 Å². The smallest absolute Gasteiger partial charge is 0.248 e. The Morgan fingerprint density at radius 1 is 1.36 bits per heavy atom. The first kappa shape index (κ1) is 8.30. The molecule has 0 saturated carbocycles. The molecule has 7 nitrogen and oxygen atoms in total. The molecule has 0 aromatic carbocycles. The van der Waals surface area contributed by atoms with Crippen LogP contribution < -0.4 is 17.1 Å². The lowest BCUT2D eigenvalue weighted by Crippen LogP contribution is -2.15. The van der Waals surface area contributed by atoms with Gasteiger partial charge in [0.05, 0.1) is 5.69 Å². The Hall–Kier alpha value is -2.31. The lowest BCUT2D eigenvalue weighted by molar-refractivity contribution is 1.01. The van der Waals surface area contributed by atoms with E-state index in [1.807, 2.05) is 0 Å². The summed E-state index contributed by atoms with van der Waals surface area (Å²) in [5.41, 5.74) is 5.63. The van der Waals surface area contributed by atoms with Crippen molar-refractivity contribution in [3.05, 3.63) is 28.6 Å². The average molecular weight is 192 g/mol. The maximum Gasteiger partial charge on any atom is 0.248 e. The van der Waals surface area contributed by atoms with Gasteiger partial charge in [-0.3, -0.25) is 4.79 Å². The first-order valence-electron chi connectivity index (χ1n) is 3.84. The quantitative estimate of drug-likeness (QED) is 0.497. The molecule has 5 N–H and O–H groups in total. The summed E-state index contributed by atoms with van der Waals surface area (Å²) in [6.07, 6.45) is 0. The number of nitrogen functional groups attached to an aromatic ring is 2. The average Bonchev–Trinajstić information content (AvgIpc) is 2.48. The highest BCUT2D eigenvalue weighted by molar-refractivity contribution is 5.51. The Morgan fingerprint density at radius 2 is 2.14 bits per heavy atom. The van der Waals surface area contributed by atoms with Crippen LogP contribution in [0.2, 0.25) is 0 Å². The van der Waals surface area contributed by atoms with Crippen molar-refractivity contribution < 1.29 is 0 Å². The van der Waals surface area contributed by atoms with Crippen molar-refractivity contribution in [1.82, 2.24) is 19.9 Å². The summed E-state index contributed by atoms with van der Waals surface area (Å²) in [7, 11) is 0. The van der Waals surface area contributed by atoms with Gasteiger partial charge >= 0.3 is 0 Å². The molecule has 0 bridgehead atoms. The van der Waals surface area contributed by atoms with Crippen molar-refractivity contribution >= 4 is 5.95 Å². The third kappa shape index (κ3) is 1.20. The van der Waals surface area contributed by atoms with E-state index >= 15 is 0 Å². The molecule has 0 fully saturated rings. The molecular weight excluding hydrogens is 184 g/mol. The van der Waals surface area contributed by atoms with E-state index in [-0.39, 0.29) is 11.5 Å². The van der Waals surface area contributed by atoms with Gasteiger partial charge in [-0.15, -0.1) is 10.2 Å². The summed E-state index contributed by atoms with van der Waals surface area (Å²) in [6.45, 7) is 0. The van der Waals surface area contributed by atoms with Crippen LogP contribution in [0.15, 0.2) is 23.0 Å². The van der Waals surface area contributed by atoms with Gasteiger partial charge in [0.1, 0.15) is 0 Å². The summed E-state index contributed by atoms with van der Waals surface area (Å²) < 4.78 is 1.10. The molecule has 0 radical (unpaired) electrons. The minimum absolute atomic E-state index is 0.0877. The van der Waals surface area contributed by atoms with Gasteiger partial charge in [0.25, 0.3) is 0 Å². The molecule has 0 aliphatic carbocycles. The number of anilines is 1. The molecule has 2 heterocycles. The van der Waals surface area contributed by atoms with E-state index in [9.17, 15) is 4.79 Å². The van der Waals surface area contributed by atoms with E-state index < -0.39 is 0 Å². The van der Waals surface area contributed by atoms with Crippen molar-refractivity contribution in [1.29, 1.82) is 0 Å². The molecule has 0 unspecified atom stereocenters. The van der Waals surface area contributed by atoms with Crippen LogP contribution in [0.3, 0.4) is 0 Å². The summed E-state index contributed by atoms with van der Waals surface area (Å²) in [5.74, 6) is 5.94. The van der Waals surface area contributed by atoms with E-state index in [4.69, 9.17) is 11.6 Å². The number of nitrogens with zero attached hydrogens (tertiary/aromatic N) is 3. The van der Waals surface area contributed by atoms with Crippen molar-refractivity contribution in [2.75, 3.05) is 11.6 Å². The normalized spacial score (nSPS) is 10.3. The van der Waals surface area contributed by atoms with Crippen LogP contribution in [-0.2, 0) is 0 Å². The zero-order valence-corrected chi connectivity index (χ0v) is 7.14. The van der Waals surface area contributed by atoms with Crippen molar-refractivity contribution in [3.63, 3.8) is 0 Å². The summed E-state index contributed by atoms with van der Waals surface area (Å²) in [5, 5.41) is 7.29. The first-order chi connectivity index (χ1) is 6.68. The number of aromatic amines is 1. The lowest BCUT2D eigenvalue weighted by Gasteiger charge is -1.99. The van der Waals surface area contributed by atoms with Crippen molar-refractivity contribution in [3.8, 4) is 11.5 Å². The molecule has 14 heavy (non-hydrogen) atoms. The molecule has 2 rings (SSSR count). The summed E-state index contributed by atoms with van der Waals surface area (Å²) >= 11 is 0. The van der Waals surface area contributed by atoms with Crippen LogP contribution >= 0.6 is 0 Å². The zero-order valence-electron chi connectivity index (χ0n) is 7.14. The number of hydrogen-bond acceptors (Lipinski definition) is 5. The van der Waals surface area contributed by atoms with Crippen LogP contribution in [0.5, 0.6) is 0 Å². The number of aromatic nitrogens is 4. The largest absolute Gasteiger partial charge is 0.366 e. The fourth-order valence-corrected chi connectivity index (χ4v) is 1.07. The number of pyridine rings is 1. The lowest BCUT2D eigenvalue weighted by atomic mass is 10.3. The molecule has 0 atom stereocenters. The Morgan fingerprint density at radius 3 is 2.71 bits per heavy atom. The van der Waals surface area contributed by atoms with Crippen LogP contribution in [-0.4, -0.2) is 19.9 Å². The molecule has 2 aromatic heterocycles. The van der Waals surface area contributed by atoms with Gasteiger partial charge in [-0.1, -0.05) is 6.07 Å². The molecule has 72 valence electrons. The Kier molecular flexibility index (Phi) is 1.70. The van der Waals surface area contributed by atoms with Gasteiger partial charge in [0, 0.05) is 6.07 Å². The van der Waals surface area contributed by atoms with Gasteiger partial charge < -0.3 is 16.6 Å². The minimum atomic E-state index is -0.232. The topological polar surface area (TPSA) is 116 Å². The number of rotatable bonds is 1. The summed E-state index contributed by atoms with van der Waals surface area (Å²) in [6, 6.07) is 4.65. The fraction of sp³-hybridized carbons (Fsp3) is 0. The number of hydrogen-bond donors (Lipinski definition) is 3. The third-order valence-electron chi connectivity index (χ3n) is 1.73. The highest BCUT2D eigenvalue weighted by atomic mass is 16.1. The zero-order chi connectivity index (χ0) is 10.1. The Labute approximate surface area is 78.3 Å². The molecule has 0 aliphatic heterocycles. The predicted molar refractivity (Wildman–Crippen MR) is 50.6 cm³/mol. The maximum atomic E-state index is 11.0. The van der Waals surface area contributed by atoms with E-state index in [1.54, 1.807) is 12.1 Å². The molecule has 0 saturated heterocycles. The molecule has 0 spiro atoms. The van der Waals surface area contributed by atoms with Gasteiger partial charge in [0.2, 0.25) is 17.3 Å². The number of nitrogens with one attached hydrogen (secondary N) is 1. The molecular formula is C7H8N6O. The number of nitrogens with two attached hydrogens (primary N) is 2. The maximum absolute atomic E-state index is 11.0. The standard InChI is InChI=1S/C7H8N6O/c8-7-12-11-6(13(7)9)4-2-1-3-5(14)10-4/h1-3H,9H2,(H2,8,12)(H,10,14). The van der Waals surface area contributed by atoms with Gasteiger partial charge in [-0.05, 0) is 6.07 Å². The fourth-order valence-electron chi connectivity index (χ4n) is 1.07. The minimum Gasteiger partial charge on any atom is -0.366 e. The predicted octanol–water partition coefficient (Wildman–Crippen LogP) is -1.07. The van der Waals surface area contributed by atoms with E-state index in [1.165, 1.54) is 6.07 Å². The highest BCUT2D eigenvalue weighted by Crippen LogP contribution is 2.11. The molecule has 7 heteroatoms. The second-order valence-electron chi connectivity index (χ2n) is 2.68. The second-order valence-corrected chi connectivity index (χ2v) is 2.68.